The first-order valence-corrected chi connectivity index (χ1v) is 7.87. The zero-order chi connectivity index (χ0) is 14.2. The van der Waals surface area contributed by atoms with Gasteiger partial charge >= 0.3 is 0 Å². The van der Waals surface area contributed by atoms with Crippen LogP contribution in [-0.2, 0) is 6.42 Å². The smallest absolute Gasteiger partial charge is 0.0694 e. The summed E-state index contributed by atoms with van der Waals surface area (Å²) in [6.07, 6.45) is 1.81. The number of hydrogen-bond acceptors (Lipinski definition) is 1. The molecule has 20 heavy (non-hydrogen) atoms. The molecule has 104 valence electrons. The van der Waals surface area contributed by atoms with Gasteiger partial charge in [0, 0.05) is 10.9 Å². The highest BCUT2D eigenvalue weighted by Gasteiger charge is 2.49. The Balaban J connectivity index is 1.69. The maximum absolute atomic E-state index is 10.8. The molecule has 3 atom stereocenters. The number of aliphatic hydroxyl groups is 1. The molecule has 0 aliphatic heterocycles. The van der Waals surface area contributed by atoms with E-state index in [0.717, 1.165) is 10.9 Å². The van der Waals surface area contributed by atoms with E-state index in [2.05, 4.69) is 52.3 Å². The van der Waals surface area contributed by atoms with E-state index < -0.39 is 5.60 Å². The van der Waals surface area contributed by atoms with Crippen LogP contribution in [0, 0.1) is 5.92 Å². The lowest BCUT2D eigenvalue weighted by Crippen LogP contribution is -2.30. The van der Waals surface area contributed by atoms with E-state index in [1.807, 2.05) is 25.1 Å². The molecule has 1 N–H and O–H groups in total. The van der Waals surface area contributed by atoms with Crippen molar-refractivity contribution in [1.29, 1.82) is 0 Å². The van der Waals surface area contributed by atoms with Gasteiger partial charge < -0.3 is 5.11 Å². The van der Waals surface area contributed by atoms with E-state index in [9.17, 15) is 5.11 Å². The largest absolute Gasteiger partial charge is 0.390 e. The molecule has 0 aromatic heterocycles. The molecule has 1 aliphatic carbocycles. The summed E-state index contributed by atoms with van der Waals surface area (Å²) >= 11 is 3.44. The fraction of sp³-hybridized carbons (Fsp3) is 0.333. The van der Waals surface area contributed by atoms with Crippen molar-refractivity contribution in [2.45, 2.75) is 31.3 Å². The summed E-state index contributed by atoms with van der Waals surface area (Å²) in [7, 11) is 0. The Morgan fingerprint density at radius 1 is 1.10 bits per heavy atom. The SMILES string of the molecule is CC(O)(Cc1ccc(Br)cc1)C1CC1c1ccccc1. The highest BCUT2D eigenvalue weighted by Crippen LogP contribution is 2.54. The van der Waals surface area contributed by atoms with Crippen LogP contribution in [-0.4, -0.2) is 10.7 Å². The first-order chi connectivity index (χ1) is 9.56. The van der Waals surface area contributed by atoms with Crippen LogP contribution in [0.4, 0.5) is 0 Å². The van der Waals surface area contributed by atoms with Crippen LogP contribution in [0.2, 0.25) is 0 Å². The van der Waals surface area contributed by atoms with Crippen molar-refractivity contribution in [3.63, 3.8) is 0 Å². The van der Waals surface area contributed by atoms with E-state index in [1.54, 1.807) is 0 Å². The van der Waals surface area contributed by atoms with Crippen molar-refractivity contribution < 1.29 is 5.11 Å². The van der Waals surface area contributed by atoms with E-state index in [4.69, 9.17) is 0 Å². The van der Waals surface area contributed by atoms with E-state index in [0.29, 0.717) is 18.3 Å². The number of hydrogen-bond donors (Lipinski definition) is 1. The summed E-state index contributed by atoms with van der Waals surface area (Å²) in [4.78, 5) is 0. The monoisotopic (exact) mass is 330 g/mol. The molecule has 0 saturated heterocycles. The zero-order valence-electron chi connectivity index (χ0n) is 11.6. The molecule has 0 radical (unpaired) electrons. The molecule has 0 bridgehead atoms. The third kappa shape index (κ3) is 2.97. The summed E-state index contributed by atoms with van der Waals surface area (Å²) < 4.78 is 1.08. The average molecular weight is 331 g/mol. The Kier molecular flexibility index (Phi) is 3.70. The van der Waals surface area contributed by atoms with E-state index in [-0.39, 0.29) is 0 Å². The molecule has 3 unspecified atom stereocenters. The van der Waals surface area contributed by atoms with Gasteiger partial charge in [-0.05, 0) is 48.4 Å². The molecule has 1 fully saturated rings. The van der Waals surface area contributed by atoms with Crippen LogP contribution >= 0.6 is 15.9 Å². The molecule has 0 spiro atoms. The van der Waals surface area contributed by atoms with Gasteiger partial charge in [-0.25, -0.2) is 0 Å². The van der Waals surface area contributed by atoms with Crippen molar-refractivity contribution in [3.05, 3.63) is 70.2 Å². The van der Waals surface area contributed by atoms with E-state index in [1.165, 1.54) is 11.1 Å². The predicted octanol–water partition coefficient (Wildman–Crippen LogP) is 4.55. The van der Waals surface area contributed by atoms with Gasteiger partial charge in [0.2, 0.25) is 0 Å². The second-order valence-electron chi connectivity index (χ2n) is 6.02. The average Bonchev–Trinajstić information content (AvgIpc) is 3.23. The highest BCUT2D eigenvalue weighted by molar-refractivity contribution is 9.10. The lowest BCUT2D eigenvalue weighted by Gasteiger charge is -2.24. The Labute approximate surface area is 128 Å². The summed E-state index contributed by atoms with van der Waals surface area (Å²) in [5, 5.41) is 10.8. The fourth-order valence-electron chi connectivity index (χ4n) is 3.10. The second-order valence-corrected chi connectivity index (χ2v) is 6.94. The minimum atomic E-state index is -0.631. The van der Waals surface area contributed by atoms with E-state index >= 15 is 0 Å². The van der Waals surface area contributed by atoms with Crippen LogP contribution in [0.3, 0.4) is 0 Å². The molecular weight excluding hydrogens is 312 g/mol. The number of benzene rings is 2. The molecule has 0 heterocycles. The second kappa shape index (κ2) is 5.34. The minimum absolute atomic E-state index is 0.369. The normalized spacial score (nSPS) is 24.1. The Morgan fingerprint density at radius 2 is 1.75 bits per heavy atom. The number of halogens is 1. The maximum Gasteiger partial charge on any atom is 0.0694 e. The van der Waals surface area contributed by atoms with Crippen LogP contribution in [0.15, 0.2) is 59.1 Å². The van der Waals surface area contributed by atoms with Gasteiger partial charge in [-0.15, -0.1) is 0 Å². The zero-order valence-corrected chi connectivity index (χ0v) is 13.2. The van der Waals surface area contributed by atoms with Gasteiger partial charge in [-0.3, -0.25) is 0 Å². The Morgan fingerprint density at radius 3 is 2.40 bits per heavy atom. The maximum atomic E-state index is 10.8. The summed E-state index contributed by atoms with van der Waals surface area (Å²) in [5.41, 5.74) is 1.92. The molecule has 1 nitrogen and oxygen atoms in total. The molecule has 1 aliphatic rings. The van der Waals surface area contributed by atoms with Crippen molar-refractivity contribution in [2.75, 3.05) is 0 Å². The first kappa shape index (κ1) is 13.8. The predicted molar refractivity (Wildman–Crippen MR) is 85.8 cm³/mol. The minimum Gasteiger partial charge on any atom is -0.390 e. The molecule has 2 aromatic rings. The molecule has 2 aromatic carbocycles. The summed E-state index contributed by atoms with van der Waals surface area (Å²) in [5.74, 6) is 0.884. The lowest BCUT2D eigenvalue weighted by atomic mass is 9.89. The first-order valence-electron chi connectivity index (χ1n) is 7.08. The molecule has 0 amide bonds. The lowest BCUT2D eigenvalue weighted by molar-refractivity contribution is 0.0351. The summed E-state index contributed by atoms with van der Waals surface area (Å²) in [6, 6.07) is 18.8. The Bertz CT molecular complexity index is 574. The Hall–Kier alpha value is -1.12. The number of rotatable bonds is 4. The van der Waals surface area contributed by atoms with Crippen LogP contribution in [0.1, 0.15) is 30.4 Å². The van der Waals surface area contributed by atoms with Gasteiger partial charge in [0.1, 0.15) is 0 Å². The van der Waals surface area contributed by atoms with Crippen LogP contribution < -0.4 is 0 Å². The quantitative estimate of drug-likeness (QED) is 0.872. The molecule has 1 saturated carbocycles. The van der Waals surface area contributed by atoms with Gasteiger partial charge in [-0.2, -0.15) is 0 Å². The highest BCUT2D eigenvalue weighted by atomic mass is 79.9. The van der Waals surface area contributed by atoms with Crippen LogP contribution in [0.5, 0.6) is 0 Å². The van der Waals surface area contributed by atoms with Crippen molar-refractivity contribution in [2.24, 2.45) is 5.92 Å². The van der Waals surface area contributed by atoms with Gasteiger partial charge in [0.05, 0.1) is 5.60 Å². The van der Waals surface area contributed by atoms with Gasteiger partial charge in [0.25, 0.3) is 0 Å². The standard InChI is InChI=1S/C18H19BrO/c1-18(20,12-13-7-9-15(19)10-8-13)17-11-16(17)14-5-3-2-4-6-14/h2-10,16-17,20H,11-12H2,1H3. The van der Waals surface area contributed by atoms with Crippen molar-refractivity contribution in [3.8, 4) is 0 Å². The van der Waals surface area contributed by atoms with Crippen molar-refractivity contribution in [1.82, 2.24) is 0 Å². The fourth-order valence-corrected chi connectivity index (χ4v) is 3.36. The molecule has 2 heteroatoms. The third-order valence-electron chi connectivity index (χ3n) is 4.29. The molecular formula is C18H19BrO. The topological polar surface area (TPSA) is 20.2 Å². The van der Waals surface area contributed by atoms with Crippen LogP contribution in [0.25, 0.3) is 0 Å². The van der Waals surface area contributed by atoms with Crippen molar-refractivity contribution >= 4 is 15.9 Å². The van der Waals surface area contributed by atoms with Gasteiger partial charge in [0.15, 0.2) is 0 Å². The third-order valence-corrected chi connectivity index (χ3v) is 4.82. The molecule has 3 rings (SSSR count). The van der Waals surface area contributed by atoms with Gasteiger partial charge in [-0.1, -0.05) is 58.4 Å². The summed E-state index contributed by atoms with van der Waals surface area (Å²) in [6.45, 7) is 1.97.